The van der Waals surface area contributed by atoms with Crippen LogP contribution < -0.4 is 21.1 Å². The fourth-order valence-corrected chi connectivity index (χ4v) is 4.89. The number of carbonyl (C=O) groups is 3. The summed E-state index contributed by atoms with van der Waals surface area (Å²) in [6, 6.07) is 17.0. The molecule has 4 aromatic rings. The van der Waals surface area contributed by atoms with Gasteiger partial charge in [0.05, 0.1) is 10.2 Å². The minimum Gasteiger partial charge on any atom is -0.478 e. The standard InChI is InChI=1S/C28H26N4O5S/c1-28(2,29)17-6-3-5-16(13-17)25(34)30-18-7-4-8-19(14-18)37-21-12-11-20-23(22(21)26(35)36)38-27(31-20)32-24(33)15-9-10-15/h3-8,11-15H,9-10,29H2,1-2H3,(H,30,34)(H,35,36)(H,31,32,33). The second-order valence-electron chi connectivity index (χ2n) is 9.76. The van der Waals surface area contributed by atoms with E-state index >= 15 is 0 Å². The van der Waals surface area contributed by atoms with Gasteiger partial charge >= 0.3 is 5.97 Å². The number of nitrogens with two attached hydrogens (primary N) is 1. The van der Waals surface area contributed by atoms with E-state index in [9.17, 15) is 19.5 Å². The molecule has 0 atom stereocenters. The molecular formula is C28H26N4O5S. The molecule has 0 unspecified atom stereocenters. The normalized spacial score (nSPS) is 13.2. The van der Waals surface area contributed by atoms with Crippen molar-refractivity contribution in [1.82, 2.24) is 4.98 Å². The maximum Gasteiger partial charge on any atom is 0.341 e. The average molecular weight is 531 g/mol. The number of thiazole rings is 1. The molecule has 1 aromatic heterocycles. The van der Waals surface area contributed by atoms with Crippen LogP contribution in [0.25, 0.3) is 10.2 Å². The Morgan fingerprint density at radius 2 is 1.82 bits per heavy atom. The largest absolute Gasteiger partial charge is 0.478 e. The lowest BCUT2D eigenvalue weighted by Crippen LogP contribution is -2.29. The molecule has 1 fully saturated rings. The Balaban J connectivity index is 1.37. The van der Waals surface area contributed by atoms with Crippen LogP contribution in [0, 0.1) is 5.92 Å². The van der Waals surface area contributed by atoms with E-state index in [1.807, 2.05) is 19.9 Å². The van der Waals surface area contributed by atoms with Crippen LogP contribution >= 0.6 is 11.3 Å². The van der Waals surface area contributed by atoms with Crippen LogP contribution in [-0.2, 0) is 10.3 Å². The Hall–Kier alpha value is -4.28. The first-order valence-corrected chi connectivity index (χ1v) is 12.9. The van der Waals surface area contributed by atoms with Gasteiger partial charge in [0.2, 0.25) is 5.91 Å². The first kappa shape index (κ1) is 25.4. The smallest absolute Gasteiger partial charge is 0.341 e. The average Bonchev–Trinajstić information content (AvgIpc) is 3.64. The van der Waals surface area contributed by atoms with Crippen molar-refractivity contribution in [1.29, 1.82) is 0 Å². The van der Waals surface area contributed by atoms with Crippen LogP contribution in [0.3, 0.4) is 0 Å². The van der Waals surface area contributed by atoms with Crippen molar-refractivity contribution in [2.45, 2.75) is 32.2 Å². The van der Waals surface area contributed by atoms with E-state index in [1.54, 1.807) is 48.5 Å². The SMILES string of the molecule is CC(C)(N)c1cccc(C(=O)Nc2cccc(Oc3ccc4nc(NC(=O)C5CC5)sc4c3C(=O)O)c2)c1. The number of fused-ring (bicyclic) bond motifs is 1. The molecule has 9 nitrogen and oxygen atoms in total. The van der Waals surface area contributed by atoms with Crippen molar-refractivity contribution >= 4 is 50.2 Å². The lowest BCUT2D eigenvalue weighted by atomic mass is 9.94. The van der Waals surface area contributed by atoms with Gasteiger partial charge in [-0.1, -0.05) is 29.5 Å². The second-order valence-corrected chi connectivity index (χ2v) is 10.8. The van der Waals surface area contributed by atoms with E-state index in [-0.39, 0.29) is 29.0 Å². The van der Waals surface area contributed by atoms with E-state index in [0.717, 1.165) is 29.7 Å². The van der Waals surface area contributed by atoms with Crippen LogP contribution in [0.15, 0.2) is 60.7 Å². The molecule has 1 aliphatic rings. The number of hydrogen-bond acceptors (Lipinski definition) is 7. The summed E-state index contributed by atoms with van der Waals surface area (Å²) in [5.41, 5.74) is 7.74. The Bertz CT molecular complexity index is 1570. The van der Waals surface area contributed by atoms with Crippen molar-refractivity contribution in [2.24, 2.45) is 11.7 Å². The number of carboxylic acids is 1. The molecular weight excluding hydrogens is 504 g/mol. The lowest BCUT2D eigenvalue weighted by molar-refractivity contribution is -0.117. The van der Waals surface area contributed by atoms with Crippen LogP contribution in [-0.4, -0.2) is 27.9 Å². The summed E-state index contributed by atoms with van der Waals surface area (Å²) in [5.74, 6) is -1.13. The number of aromatic carboxylic acids is 1. The third-order valence-corrected chi connectivity index (χ3v) is 7.10. The summed E-state index contributed by atoms with van der Waals surface area (Å²) in [6.07, 6.45) is 1.71. The fraction of sp³-hybridized carbons (Fsp3) is 0.214. The molecule has 5 rings (SSSR count). The van der Waals surface area contributed by atoms with Gasteiger partial charge in [0, 0.05) is 28.8 Å². The van der Waals surface area contributed by atoms with E-state index in [4.69, 9.17) is 10.5 Å². The zero-order chi connectivity index (χ0) is 27.0. The molecule has 3 aromatic carbocycles. The summed E-state index contributed by atoms with van der Waals surface area (Å²) < 4.78 is 6.35. The molecule has 10 heteroatoms. The highest BCUT2D eigenvalue weighted by molar-refractivity contribution is 7.22. The molecule has 0 aliphatic heterocycles. The Morgan fingerprint density at radius 3 is 2.53 bits per heavy atom. The summed E-state index contributed by atoms with van der Waals surface area (Å²) in [7, 11) is 0. The quantitative estimate of drug-likeness (QED) is 0.233. The summed E-state index contributed by atoms with van der Waals surface area (Å²) in [6.45, 7) is 3.73. The molecule has 1 heterocycles. The van der Waals surface area contributed by atoms with Gasteiger partial charge in [-0.15, -0.1) is 0 Å². The first-order valence-electron chi connectivity index (χ1n) is 12.0. The zero-order valence-corrected chi connectivity index (χ0v) is 21.6. The number of benzene rings is 3. The Labute approximate surface area is 222 Å². The van der Waals surface area contributed by atoms with E-state index in [0.29, 0.717) is 32.3 Å². The minimum absolute atomic E-state index is 0.00376. The molecule has 5 N–H and O–H groups in total. The van der Waals surface area contributed by atoms with E-state index in [2.05, 4.69) is 15.6 Å². The Morgan fingerprint density at radius 1 is 1.05 bits per heavy atom. The molecule has 1 aliphatic carbocycles. The van der Waals surface area contributed by atoms with Crippen LogP contribution in [0.1, 0.15) is 53.0 Å². The molecule has 0 spiro atoms. The lowest BCUT2D eigenvalue weighted by Gasteiger charge is -2.19. The highest BCUT2D eigenvalue weighted by atomic mass is 32.1. The molecule has 194 valence electrons. The third kappa shape index (κ3) is 5.51. The van der Waals surface area contributed by atoms with Crippen molar-refractivity contribution < 1.29 is 24.2 Å². The van der Waals surface area contributed by atoms with Gasteiger partial charge in [-0.25, -0.2) is 9.78 Å². The fourth-order valence-electron chi connectivity index (χ4n) is 3.90. The summed E-state index contributed by atoms with van der Waals surface area (Å²) in [5, 5.41) is 15.9. The summed E-state index contributed by atoms with van der Waals surface area (Å²) >= 11 is 1.09. The van der Waals surface area contributed by atoms with E-state index < -0.39 is 11.5 Å². The van der Waals surface area contributed by atoms with Crippen LogP contribution in [0.2, 0.25) is 0 Å². The number of ether oxygens (including phenoxy) is 1. The highest BCUT2D eigenvalue weighted by Gasteiger charge is 2.30. The molecule has 38 heavy (non-hydrogen) atoms. The van der Waals surface area contributed by atoms with Gasteiger partial charge in [0.25, 0.3) is 5.91 Å². The maximum absolute atomic E-state index is 12.9. The first-order chi connectivity index (χ1) is 18.1. The zero-order valence-electron chi connectivity index (χ0n) is 20.8. The highest BCUT2D eigenvalue weighted by Crippen LogP contribution is 2.38. The molecule has 2 amide bonds. The topological polar surface area (TPSA) is 144 Å². The Kier molecular flexibility index (Phi) is 6.60. The monoisotopic (exact) mass is 530 g/mol. The molecule has 0 bridgehead atoms. The predicted octanol–water partition coefficient (Wildman–Crippen LogP) is 5.58. The number of amides is 2. The number of hydrogen-bond donors (Lipinski definition) is 4. The van der Waals surface area contributed by atoms with Crippen LogP contribution in [0.5, 0.6) is 11.5 Å². The van der Waals surface area contributed by atoms with Crippen molar-refractivity contribution in [3.63, 3.8) is 0 Å². The van der Waals surface area contributed by atoms with Gasteiger partial charge in [-0.05, 0) is 68.7 Å². The van der Waals surface area contributed by atoms with Gasteiger partial charge in [0.15, 0.2) is 5.13 Å². The number of carboxylic acid groups (broad SMARTS) is 1. The number of aromatic nitrogens is 1. The number of anilines is 2. The summed E-state index contributed by atoms with van der Waals surface area (Å²) in [4.78, 5) is 41.5. The number of rotatable bonds is 8. The second kappa shape index (κ2) is 9.88. The molecule has 0 saturated heterocycles. The van der Waals surface area contributed by atoms with Gasteiger partial charge in [-0.2, -0.15) is 0 Å². The minimum atomic E-state index is -1.18. The van der Waals surface area contributed by atoms with Gasteiger partial charge in [0.1, 0.15) is 17.1 Å². The predicted molar refractivity (Wildman–Crippen MR) is 146 cm³/mol. The maximum atomic E-state index is 12.9. The number of carbonyl (C=O) groups excluding carboxylic acids is 2. The van der Waals surface area contributed by atoms with Crippen molar-refractivity contribution in [2.75, 3.05) is 10.6 Å². The van der Waals surface area contributed by atoms with Gasteiger partial charge in [-0.3, -0.25) is 9.59 Å². The van der Waals surface area contributed by atoms with E-state index in [1.165, 1.54) is 6.07 Å². The van der Waals surface area contributed by atoms with Crippen LogP contribution in [0.4, 0.5) is 10.8 Å². The number of nitrogens with zero attached hydrogens (tertiary/aromatic N) is 1. The van der Waals surface area contributed by atoms with Crippen molar-refractivity contribution in [3.05, 3.63) is 77.4 Å². The molecule has 1 saturated carbocycles. The van der Waals surface area contributed by atoms with Gasteiger partial charge < -0.3 is 26.2 Å². The molecule has 0 radical (unpaired) electrons. The third-order valence-electron chi connectivity index (χ3n) is 6.10. The number of nitrogens with one attached hydrogen (secondary N) is 2. The van der Waals surface area contributed by atoms with Crippen molar-refractivity contribution in [3.8, 4) is 11.5 Å².